The number of carboxylic acids is 1. The Bertz CT molecular complexity index is 676. The summed E-state index contributed by atoms with van der Waals surface area (Å²) in [6.07, 6.45) is 0. The van der Waals surface area contributed by atoms with Crippen molar-refractivity contribution in [2.45, 2.75) is 20.1 Å². The van der Waals surface area contributed by atoms with Crippen molar-refractivity contribution >= 4 is 5.97 Å². The monoisotopic (exact) mass is 273 g/mol. The maximum absolute atomic E-state index is 11.7. The second-order valence-electron chi connectivity index (χ2n) is 4.44. The number of carbonyl (C=O) groups is 1. The number of rotatable bonds is 5. The zero-order valence-corrected chi connectivity index (χ0v) is 11.1. The predicted molar refractivity (Wildman–Crippen MR) is 73.8 cm³/mol. The molecular weight excluding hydrogens is 258 g/mol. The first-order chi connectivity index (χ1) is 9.56. The Balaban J connectivity index is 2.19. The van der Waals surface area contributed by atoms with Crippen LogP contribution in [0.3, 0.4) is 0 Å². The minimum Gasteiger partial charge on any atom is -0.487 e. The maximum atomic E-state index is 11.7. The smallest absolute Gasteiger partial charge is 0.323 e. The molecular formula is C15H15NO4. The van der Waals surface area contributed by atoms with Crippen molar-refractivity contribution in [2.24, 2.45) is 0 Å². The molecule has 1 aromatic heterocycles. The summed E-state index contributed by atoms with van der Waals surface area (Å²) >= 11 is 0. The molecule has 5 nitrogen and oxygen atoms in total. The van der Waals surface area contributed by atoms with Crippen LogP contribution in [-0.4, -0.2) is 15.6 Å². The highest BCUT2D eigenvalue weighted by molar-refractivity contribution is 5.66. The third-order valence-electron chi connectivity index (χ3n) is 2.81. The lowest BCUT2D eigenvalue weighted by Gasteiger charge is -2.12. The van der Waals surface area contributed by atoms with Crippen LogP contribution in [0.15, 0.2) is 47.3 Å². The van der Waals surface area contributed by atoms with Gasteiger partial charge in [-0.2, -0.15) is 0 Å². The van der Waals surface area contributed by atoms with Crippen LogP contribution < -0.4 is 10.3 Å². The van der Waals surface area contributed by atoms with E-state index in [2.05, 4.69) is 0 Å². The highest BCUT2D eigenvalue weighted by Gasteiger charge is 2.08. The van der Waals surface area contributed by atoms with Gasteiger partial charge in [0.1, 0.15) is 18.9 Å². The van der Waals surface area contributed by atoms with E-state index in [9.17, 15) is 9.59 Å². The molecule has 1 aromatic carbocycles. The lowest BCUT2D eigenvalue weighted by Crippen LogP contribution is -2.26. The standard InChI is InChI=1S/C15H15NO4/c1-11-4-2-6-13(8-11)20-10-12-5-3-7-14(17)16(12)9-15(18)19/h2-8H,9-10H2,1H3,(H,18,19). The van der Waals surface area contributed by atoms with Gasteiger partial charge in [-0.25, -0.2) is 0 Å². The lowest BCUT2D eigenvalue weighted by molar-refractivity contribution is -0.137. The molecule has 0 aliphatic rings. The molecule has 0 radical (unpaired) electrons. The van der Waals surface area contributed by atoms with E-state index >= 15 is 0 Å². The molecule has 0 aliphatic carbocycles. The van der Waals surface area contributed by atoms with Gasteiger partial charge in [-0.3, -0.25) is 14.2 Å². The molecule has 2 rings (SSSR count). The van der Waals surface area contributed by atoms with Gasteiger partial charge in [0, 0.05) is 6.07 Å². The van der Waals surface area contributed by atoms with Crippen LogP contribution in [0.2, 0.25) is 0 Å². The fraction of sp³-hybridized carbons (Fsp3) is 0.200. The Morgan fingerprint density at radius 1 is 1.25 bits per heavy atom. The van der Waals surface area contributed by atoms with Gasteiger partial charge in [-0.05, 0) is 30.7 Å². The van der Waals surface area contributed by atoms with Crippen molar-refractivity contribution in [3.05, 3.63) is 64.1 Å². The number of benzene rings is 1. The summed E-state index contributed by atoms with van der Waals surface area (Å²) in [5.41, 5.74) is 1.25. The number of nitrogens with zero attached hydrogens (tertiary/aromatic N) is 1. The topological polar surface area (TPSA) is 68.5 Å². The molecule has 0 atom stereocenters. The first-order valence-electron chi connectivity index (χ1n) is 6.16. The molecule has 20 heavy (non-hydrogen) atoms. The average Bonchev–Trinajstić information content (AvgIpc) is 2.39. The van der Waals surface area contributed by atoms with Gasteiger partial charge in [0.25, 0.3) is 5.56 Å². The fourth-order valence-corrected chi connectivity index (χ4v) is 1.87. The third-order valence-corrected chi connectivity index (χ3v) is 2.81. The van der Waals surface area contributed by atoms with Crippen LogP contribution in [0, 0.1) is 6.92 Å². The van der Waals surface area contributed by atoms with Gasteiger partial charge in [-0.15, -0.1) is 0 Å². The van der Waals surface area contributed by atoms with Crippen molar-refractivity contribution < 1.29 is 14.6 Å². The molecule has 0 spiro atoms. The summed E-state index contributed by atoms with van der Waals surface area (Å²) in [7, 11) is 0. The molecule has 2 aromatic rings. The minimum atomic E-state index is -1.06. The van der Waals surface area contributed by atoms with Gasteiger partial charge < -0.3 is 9.84 Å². The second kappa shape index (κ2) is 6.06. The molecule has 0 saturated heterocycles. The number of ether oxygens (including phenoxy) is 1. The van der Waals surface area contributed by atoms with E-state index in [1.165, 1.54) is 10.6 Å². The summed E-state index contributed by atoms with van der Waals surface area (Å²) in [4.78, 5) is 22.5. The van der Waals surface area contributed by atoms with Gasteiger partial charge in [-0.1, -0.05) is 18.2 Å². The summed E-state index contributed by atoms with van der Waals surface area (Å²) in [6, 6.07) is 12.1. The normalized spacial score (nSPS) is 10.2. The number of hydrogen-bond donors (Lipinski definition) is 1. The summed E-state index contributed by atoms with van der Waals surface area (Å²) in [5, 5.41) is 8.84. The van der Waals surface area contributed by atoms with Gasteiger partial charge >= 0.3 is 5.97 Å². The number of aliphatic carboxylic acids is 1. The summed E-state index contributed by atoms with van der Waals surface area (Å²) in [5.74, 6) is -0.377. The first kappa shape index (κ1) is 13.9. The van der Waals surface area contributed by atoms with Crippen LogP contribution in [0.25, 0.3) is 0 Å². The van der Waals surface area contributed by atoms with Crippen LogP contribution in [-0.2, 0) is 17.9 Å². The molecule has 5 heteroatoms. The Labute approximate surface area is 116 Å². The number of hydrogen-bond acceptors (Lipinski definition) is 3. The van der Waals surface area contributed by atoms with Gasteiger partial charge in [0.2, 0.25) is 0 Å². The Morgan fingerprint density at radius 3 is 2.70 bits per heavy atom. The van der Waals surface area contributed by atoms with Crippen molar-refractivity contribution in [3.8, 4) is 5.75 Å². The van der Waals surface area contributed by atoms with Gasteiger partial charge in [0.05, 0.1) is 5.69 Å². The van der Waals surface area contributed by atoms with Crippen molar-refractivity contribution in [1.82, 2.24) is 4.57 Å². The third kappa shape index (κ3) is 3.47. The Hall–Kier alpha value is -2.56. The quantitative estimate of drug-likeness (QED) is 0.902. The Morgan fingerprint density at radius 2 is 2.00 bits per heavy atom. The van der Waals surface area contributed by atoms with E-state index in [0.29, 0.717) is 11.4 Å². The zero-order valence-electron chi connectivity index (χ0n) is 11.1. The van der Waals surface area contributed by atoms with Crippen molar-refractivity contribution in [2.75, 3.05) is 0 Å². The van der Waals surface area contributed by atoms with Crippen LogP contribution in [0.1, 0.15) is 11.3 Å². The van der Waals surface area contributed by atoms with E-state index in [1.807, 2.05) is 31.2 Å². The zero-order chi connectivity index (χ0) is 14.5. The van der Waals surface area contributed by atoms with E-state index in [0.717, 1.165) is 5.56 Å². The number of pyridine rings is 1. The highest BCUT2D eigenvalue weighted by atomic mass is 16.5. The van der Waals surface area contributed by atoms with Gasteiger partial charge in [0.15, 0.2) is 0 Å². The summed E-state index contributed by atoms with van der Waals surface area (Å²) < 4.78 is 6.79. The van der Waals surface area contributed by atoms with Crippen molar-refractivity contribution in [3.63, 3.8) is 0 Å². The molecule has 104 valence electrons. The molecule has 1 heterocycles. The largest absolute Gasteiger partial charge is 0.487 e. The van der Waals surface area contributed by atoms with Crippen LogP contribution >= 0.6 is 0 Å². The van der Waals surface area contributed by atoms with Crippen LogP contribution in [0.4, 0.5) is 0 Å². The number of aromatic nitrogens is 1. The van der Waals surface area contributed by atoms with Crippen LogP contribution in [0.5, 0.6) is 5.75 Å². The second-order valence-corrected chi connectivity index (χ2v) is 4.44. The summed E-state index contributed by atoms with van der Waals surface area (Å²) in [6.45, 7) is 1.73. The molecule has 0 bridgehead atoms. The molecule has 0 fully saturated rings. The number of carboxylic acid groups (broad SMARTS) is 1. The van der Waals surface area contributed by atoms with Crippen molar-refractivity contribution in [1.29, 1.82) is 0 Å². The highest BCUT2D eigenvalue weighted by Crippen LogP contribution is 2.14. The molecule has 0 aliphatic heterocycles. The molecule has 0 saturated carbocycles. The van der Waals surface area contributed by atoms with E-state index in [1.54, 1.807) is 12.1 Å². The van der Waals surface area contributed by atoms with E-state index < -0.39 is 5.97 Å². The Kier molecular flexibility index (Phi) is 4.20. The average molecular weight is 273 g/mol. The molecule has 1 N–H and O–H groups in total. The first-order valence-corrected chi connectivity index (χ1v) is 6.16. The maximum Gasteiger partial charge on any atom is 0.323 e. The molecule has 0 amide bonds. The SMILES string of the molecule is Cc1cccc(OCc2cccc(=O)n2CC(=O)O)c1. The minimum absolute atomic E-state index is 0.146. The predicted octanol–water partition coefficient (Wildman–Crippen LogP) is 1.82. The van der Waals surface area contributed by atoms with E-state index in [4.69, 9.17) is 9.84 Å². The lowest BCUT2D eigenvalue weighted by atomic mass is 10.2. The van der Waals surface area contributed by atoms with E-state index in [-0.39, 0.29) is 18.7 Å². The number of aryl methyl sites for hydroxylation is 1. The molecule has 0 unspecified atom stereocenters. The fourth-order valence-electron chi connectivity index (χ4n) is 1.87.